The fraction of sp³-hybridized carbons (Fsp3) is 0.435. The van der Waals surface area contributed by atoms with Gasteiger partial charge in [-0.15, -0.1) is 0 Å². The molecule has 0 amide bonds. The van der Waals surface area contributed by atoms with E-state index < -0.39 is 40.0 Å². The molecule has 2 aromatic carbocycles. The summed E-state index contributed by atoms with van der Waals surface area (Å²) < 4.78 is 40.0. The van der Waals surface area contributed by atoms with E-state index in [1.165, 1.54) is 16.6 Å². The van der Waals surface area contributed by atoms with Gasteiger partial charge in [0.05, 0.1) is 23.7 Å². The first-order valence-electron chi connectivity index (χ1n) is 10.9. The number of nitrogens with zero attached hydrogens (tertiary/aromatic N) is 2. The van der Waals surface area contributed by atoms with E-state index in [0.29, 0.717) is 17.9 Å². The van der Waals surface area contributed by atoms with Crippen LogP contribution in [0.15, 0.2) is 53.4 Å². The highest BCUT2D eigenvalue weighted by Gasteiger charge is 2.67. The summed E-state index contributed by atoms with van der Waals surface area (Å²) in [6.07, 6.45) is -1.23. The second-order valence-electron chi connectivity index (χ2n) is 8.38. The molecular formula is C23H26N2O7S. The molecule has 2 saturated heterocycles. The highest BCUT2D eigenvalue weighted by Crippen LogP contribution is 2.58. The van der Waals surface area contributed by atoms with Crippen molar-refractivity contribution in [2.75, 3.05) is 18.0 Å². The van der Waals surface area contributed by atoms with Gasteiger partial charge in [0.15, 0.2) is 12.4 Å². The summed E-state index contributed by atoms with van der Waals surface area (Å²) >= 11 is 0. The number of ether oxygens (including phenoxy) is 2. The zero-order valence-electron chi connectivity index (χ0n) is 18.6. The number of carbonyl (C=O) groups excluding carboxylic acids is 1. The van der Waals surface area contributed by atoms with Gasteiger partial charge < -0.3 is 9.47 Å². The molecule has 3 heterocycles. The van der Waals surface area contributed by atoms with Gasteiger partial charge in [0.1, 0.15) is 5.54 Å². The van der Waals surface area contributed by atoms with Crippen LogP contribution in [0.4, 0.5) is 5.69 Å². The molecule has 0 radical (unpaired) electrons. The summed E-state index contributed by atoms with van der Waals surface area (Å²) in [6, 6.07) is 13.4. The lowest BCUT2D eigenvalue weighted by Gasteiger charge is -2.45. The van der Waals surface area contributed by atoms with Crippen molar-refractivity contribution in [1.29, 1.82) is 0 Å². The van der Waals surface area contributed by atoms with Crippen molar-refractivity contribution in [2.45, 2.75) is 55.6 Å². The number of sulfonamides is 1. The lowest BCUT2D eigenvalue weighted by molar-refractivity contribution is -0.456. The van der Waals surface area contributed by atoms with Gasteiger partial charge >= 0.3 is 5.97 Å². The largest absolute Gasteiger partial charge is 0.467 e. The Morgan fingerprint density at radius 1 is 1.15 bits per heavy atom. The molecule has 1 spiro atoms. The predicted octanol–water partition coefficient (Wildman–Crippen LogP) is 2.64. The maximum atomic E-state index is 14.0. The molecule has 4 atom stereocenters. The number of para-hydroxylation sites is 1. The molecule has 33 heavy (non-hydrogen) atoms. The van der Waals surface area contributed by atoms with E-state index in [0.717, 1.165) is 5.56 Å². The van der Waals surface area contributed by atoms with Crippen LogP contribution in [0.2, 0.25) is 0 Å². The highest BCUT2D eigenvalue weighted by atomic mass is 32.2. The number of methoxy groups -OCH3 is 1. The van der Waals surface area contributed by atoms with Crippen molar-refractivity contribution >= 4 is 21.7 Å². The van der Waals surface area contributed by atoms with Crippen LogP contribution in [0, 0.1) is 6.92 Å². The van der Waals surface area contributed by atoms with Crippen LogP contribution in [0.3, 0.4) is 0 Å². The molecular weight excluding hydrogens is 448 g/mol. The molecule has 0 saturated carbocycles. The van der Waals surface area contributed by atoms with Crippen LogP contribution >= 0.6 is 0 Å². The molecule has 0 bridgehead atoms. The molecule has 0 aliphatic carbocycles. The number of rotatable bonds is 5. The van der Waals surface area contributed by atoms with Crippen molar-refractivity contribution in [3.05, 3.63) is 59.7 Å². The maximum absolute atomic E-state index is 14.0. The average molecular weight is 475 g/mol. The normalized spacial score (nSPS) is 28.8. The zero-order valence-corrected chi connectivity index (χ0v) is 19.4. The van der Waals surface area contributed by atoms with Gasteiger partial charge in [0, 0.05) is 25.0 Å². The average Bonchev–Trinajstić information content (AvgIpc) is 3.33. The fourth-order valence-corrected chi connectivity index (χ4v) is 6.77. The van der Waals surface area contributed by atoms with E-state index in [4.69, 9.17) is 19.1 Å². The molecule has 2 fully saturated rings. The van der Waals surface area contributed by atoms with Crippen molar-refractivity contribution in [3.8, 4) is 0 Å². The summed E-state index contributed by atoms with van der Waals surface area (Å²) in [5.74, 6) is -0.550. The summed E-state index contributed by atoms with van der Waals surface area (Å²) in [5, 5.41) is 1.27. The highest BCUT2D eigenvalue weighted by molar-refractivity contribution is 7.92. The number of hydrogen-bond acceptors (Lipinski definition) is 8. The van der Waals surface area contributed by atoms with Crippen LogP contribution < -0.4 is 4.31 Å². The Bertz CT molecular complexity index is 1170. The van der Waals surface area contributed by atoms with Gasteiger partial charge in [0.2, 0.25) is 0 Å². The van der Waals surface area contributed by atoms with Crippen molar-refractivity contribution < 1.29 is 32.4 Å². The quantitative estimate of drug-likeness (QED) is 0.611. The number of fused-ring (bicyclic) bond motifs is 1. The van der Waals surface area contributed by atoms with Crippen LogP contribution in [0.25, 0.3) is 0 Å². The molecule has 2 aromatic rings. The first kappa shape index (κ1) is 22.3. The molecule has 4 unspecified atom stereocenters. The Morgan fingerprint density at radius 3 is 2.58 bits per heavy atom. The zero-order chi connectivity index (χ0) is 23.4. The minimum Gasteiger partial charge on any atom is -0.467 e. The number of anilines is 1. The van der Waals surface area contributed by atoms with Crippen LogP contribution in [0.1, 0.15) is 30.9 Å². The second-order valence-corrected chi connectivity index (χ2v) is 10.2. The smallest absolute Gasteiger partial charge is 0.337 e. The molecule has 9 nitrogen and oxygen atoms in total. The Morgan fingerprint density at radius 2 is 1.88 bits per heavy atom. The first-order chi connectivity index (χ1) is 15.8. The fourth-order valence-electron chi connectivity index (χ4n) is 5.05. The number of benzene rings is 2. The van der Waals surface area contributed by atoms with Crippen molar-refractivity contribution in [3.63, 3.8) is 0 Å². The van der Waals surface area contributed by atoms with E-state index in [1.807, 2.05) is 26.0 Å². The van der Waals surface area contributed by atoms with E-state index >= 15 is 0 Å². The molecule has 3 aliphatic heterocycles. The lowest BCUT2D eigenvalue weighted by atomic mass is 9.80. The lowest BCUT2D eigenvalue weighted by Crippen LogP contribution is -2.59. The van der Waals surface area contributed by atoms with Crippen molar-refractivity contribution in [1.82, 2.24) is 5.23 Å². The van der Waals surface area contributed by atoms with Gasteiger partial charge in [-0.1, -0.05) is 35.9 Å². The number of hydrogen-bond donors (Lipinski definition) is 0. The van der Waals surface area contributed by atoms with Gasteiger partial charge in [-0.3, -0.25) is 9.14 Å². The molecule has 0 aromatic heterocycles. The maximum Gasteiger partial charge on any atom is 0.337 e. The van der Waals surface area contributed by atoms with Gasteiger partial charge in [-0.2, -0.15) is 0 Å². The SMILES string of the molecule is CCOC1CC2N(S(=O)(=O)c3ccc(C)cc3)c3ccccc3C23CC(C(=O)OC)ON3O1. The topological polar surface area (TPSA) is 94.6 Å². The second kappa shape index (κ2) is 8.07. The van der Waals surface area contributed by atoms with Crippen LogP contribution in [0.5, 0.6) is 0 Å². The number of esters is 1. The third-order valence-corrected chi connectivity index (χ3v) is 8.35. The minimum absolute atomic E-state index is 0.181. The van der Waals surface area contributed by atoms with Gasteiger partial charge in [0.25, 0.3) is 10.0 Å². The first-order valence-corrected chi connectivity index (χ1v) is 12.3. The summed E-state index contributed by atoms with van der Waals surface area (Å²) in [4.78, 5) is 24.4. The summed E-state index contributed by atoms with van der Waals surface area (Å²) in [6.45, 7) is 4.11. The third kappa shape index (κ3) is 3.28. The number of aryl methyl sites for hydroxylation is 1. The van der Waals surface area contributed by atoms with Crippen LogP contribution in [-0.2, 0) is 39.5 Å². The Kier molecular flexibility index (Phi) is 5.45. The predicted molar refractivity (Wildman–Crippen MR) is 117 cm³/mol. The molecule has 176 valence electrons. The van der Waals surface area contributed by atoms with E-state index in [1.54, 1.807) is 36.4 Å². The minimum atomic E-state index is -3.94. The molecule has 5 rings (SSSR count). The van der Waals surface area contributed by atoms with E-state index in [9.17, 15) is 13.2 Å². The molecule has 3 aliphatic rings. The summed E-state index contributed by atoms with van der Waals surface area (Å²) in [5.41, 5.74) is 1.18. The van der Waals surface area contributed by atoms with Crippen molar-refractivity contribution in [2.24, 2.45) is 0 Å². The summed E-state index contributed by atoms with van der Waals surface area (Å²) in [7, 11) is -2.65. The Balaban J connectivity index is 1.68. The Labute approximate surface area is 192 Å². The standard InChI is InChI=1S/C23H26N2O7S/c1-4-30-21-13-20-23(14-19(22(26)29-3)31-25(23)32-21)17-7-5-6-8-18(17)24(20)33(27,28)16-11-9-15(2)10-12-16/h5-12,19-21H,4,13-14H2,1-3H3. The monoisotopic (exact) mass is 474 g/mol. The molecule has 10 heteroatoms. The van der Waals surface area contributed by atoms with Gasteiger partial charge in [-0.05, 0) is 37.3 Å². The number of carbonyl (C=O) groups is 1. The van der Waals surface area contributed by atoms with E-state index in [-0.39, 0.29) is 17.7 Å². The van der Waals surface area contributed by atoms with E-state index in [2.05, 4.69) is 0 Å². The van der Waals surface area contributed by atoms with Crippen LogP contribution in [-0.4, -0.2) is 51.8 Å². The number of hydroxylamine groups is 2. The van der Waals surface area contributed by atoms with Gasteiger partial charge in [-0.25, -0.2) is 18.0 Å². The molecule has 0 N–H and O–H groups in total. The third-order valence-electron chi connectivity index (χ3n) is 6.51. The Hall–Kier alpha value is -2.50.